The van der Waals surface area contributed by atoms with Crippen LogP contribution in [-0.4, -0.2) is 105 Å². The van der Waals surface area contributed by atoms with Crippen molar-refractivity contribution in [2.45, 2.75) is 191 Å². The van der Waals surface area contributed by atoms with E-state index in [9.17, 15) is 0 Å². The van der Waals surface area contributed by atoms with Crippen molar-refractivity contribution in [3.8, 4) is 0 Å². The summed E-state index contributed by atoms with van der Waals surface area (Å²) in [5.41, 5.74) is 9.54. The number of ether oxygens (including phenoxy) is 15. The Morgan fingerprint density at radius 3 is 0.766 bits per heavy atom. The maximum absolute atomic E-state index is 8.12. The molecule has 0 aromatic heterocycles. The predicted octanol–water partition coefficient (Wildman–Crippen LogP) is 17.3. The Balaban J connectivity index is 0.969. The van der Waals surface area contributed by atoms with Gasteiger partial charge in [0.05, 0.1) is 85.4 Å². The van der Waals surface area contributed by atoms with Crippen LogP contribution in [-0.2, 0) is 137 Å². The minimum Gasteiger partial charge on any atom is -0.374 e. The summed E-state index contributed by atoms with van der Waals surface area (Å²) in [5.74, 6) is 0. The first-order valence-electron chi connectivity index (χ1n) is 37.8. The van der Waals surface area contributed by atoms with Gasteiger partial charge in [-0.05, 0) is 62.1 Å². The molecule has 10 aromatic carbocycles. The number of unbranched alkanes of at least 4 members (excludes halogenated alkanes) is 2. The van der Waals surface area contributed by atoms with Crippen LogP contribution >= 0.6 is 0 Å². The molecule has 107 heavy (non-hydrogen) atoms. The van der Waals surface area contributed by atoms with Crippen LogP contribution in [0.3, 0.4) is 0 Å². The highest BCUT2D eigenvalue weighted by molar-refractivity contribution is 5.22. The van der Waals surface area contributed by atoms with E-state index in [0.717, 1.165) is 74.9 Å². The summed E-state index contributed by atoms with van der Waals surface area (Å²) in [5, 5.41) is 0. The summed E-state index contributed by atoms with van der Waals surface area (Å²) >= 11 is 0. The van der Waals surface area contributed by atoms with Crippen LogP contribution in [0.15, 0.2) is 303 Å². The van der Waals surface area contributed by atoms with Crippen molar-refractivity contribution in [3.05, 3.63) is 359 Å². The Morgan fingerprint density at radius 2 is 0.449 bits per heavy atom. The highest BCUT2D eigenvalue weighted by Gasteiger charge is 2.58. The largest absolute Gasteiger partial charge is 0.374 e. The quantitative estimate of drug-likeness (QED) is 0.0336. The van der Waals surface area contributed by atoms with E-state index in [2.05, 4.69) is 43.3 Å². The molecule has 0 amide bonds. The molecular weight excluding hydrogens is 1340 g/mol. The van der Waals surface area contributed by atoms with Crippen molar-refractivity contribution in [1.82, 2.24) is 0 Å². The molecule has 15 heteroatoms. The van der Waals surface area contributed by atoms with Gasteiger partial charge in [-0.15, -0.1) is 0 Å². The van der Waals surface area contributed by atoms with Crippen LogP contribution in [0.4, 0.5) is 0 Å². The lowest BCUT2D eigenvalue weighted by Crippen LogP contribution is -2.68. The van der Waals surface area contributed by atoms with Gasteiger partial charge in [-0.3, -0.25) is 0 Å². The number of rotatable bonds is 40. The smallest absolute Gasteiger partial charge is 0.187 e. The van der Waals surface area contributed by atoms with E-state index in [0.29, 0.717) is 19.6 Å². The summed E-state index contributed by atoms with van der Waals surface area (Å²) in [6, 6.07) is 101. The molecule has 558 valence electrons. The molecule has 15 nitrogen and oxygen atoms in total. The highest BCUT2D eigenvalue weighted by atomic mass is 16.8. The maximum Gasteiger partial charge on any atom is 0.187 e. The molecule has 0 aliphatic carbocycles. The molecule has 0 radical (unpaired) electrons. The number of hydrogen-bond acceptors (Lipinski definition) is 15. The summed E-state index contributed by atoms with van der Waals surface area (Å²) < 4.78 is 111. The van der Waals surface area contributed by atoms with Gasteiger partial charge in [-0.1, -0.05) is 330 Å². The van der Waals surface area contributed by atoms with Gasteiger partial charge in [0.25, 0.3) is 0 Å². The SMILES string of the molecule is CCCCC[C@@H]1O[C@@H](O[C@@H]2[C@@H](OCc3ccccc3)[C@H](OCc3ccccc3)O[C@H](COCc3ccccc3)[C@H]2O[C@@H]2O[C@H](COCc3ccccc3)[C@H](OCc3ccccc3)[C@H](OCc3ccccc3)[C@H]2OCc2ccccc2)[C@@H](OCc2ccccc2)[C@H](OCc2ccccc2)[C@@H]1OCc1ccccc1. The number of benzene rings is 10. The summed E-state index contributed by atoms with van der Waals surface area (Å²) in [4.78, 5) is 0. The van der Waals surface area contributed by atoms with Crippen molar-refractivity contribution in [3.63, 3.8) is 0 Å². The zero-order chi connectivity index (χ0) is 72.7. The molecule has 13 rings (SSSR count). The average Bonchev–Trinajstić information content (AvgIpc) is 0.760. The average molecular weight is 1450 g/mol. The molecule has 3 saturated heterocycles. The third kappa shape index (κ3) is 23.1. The summed E-state index contributed by atoms with van der Waals surface area (Å²) in [6.07, 6.45) is -11.1. The van der Waals surface area contributed by atoms with Gasteiger partial charge in [-0.2, -0.15) is 0 Å². The molecule has 0 unspecified atom stereocenters. The summed E-state index contributed by atoms with van der Waals surface area (Å²) in [7, 11) is 0. The molecular formula is C92H100O15. The van der Waals surface area contributed by atoms with Crippen molar-refractivity contribution < 1.29 is 71.1 Å². The van der Waals surface area contributed by atoms with Gasteiger partial charge in [0.15, 0.2) is 18.9 Å². The Morgan fingerprint density at radius 1 is 0.215 bits per heavy atom. The fourth-order valence-corrected chi connectivity index (χ4v) is 13.9. The van der Waals surface area contributed by atoms with Crippen molar-refractivity contribution >= 4 is 0 Å². The van der Waals surface area contributed by atoms with Crippen LogP contribution in [0.1, 0.15) is 88.2 Å². The first-order chi connectivity index (χ1) is 53.0. The van der Waals surface area contributed by atoms with Crippen LogP contribution in [0.5, 0.6) is 0 Å². The molecule has 15 atom stereocenters. The van der Waals surface area contributed by atoms with Crippen LogP contribution < -0.4 is 0 Å². The van der Waals surface area contributed by atoms with Gasteiger partial charge in [0.1, 0.15) is 67.1 Å². The molecule has 0 N–H and O–H groups in total. The molecule has 3 fully saturated rings. The lowest BCUT2D eigenvalue weighted by Gasteiger charge is -2.52. The van der Waals surface area contributed by atoms with Gasteiger partial charge in [0, 0.05) is 0 Å². The first kappa shape index (κ1) is 76.8. The maximum atomic E-state index is 8.12. The lowest BCUT2D eigenvalue weighted by atomic mass is 9.93. The van der Waals surface area contributed by atoms with Gasteiger partial charge < -0.3 is 71.1 Å². The third-order valence-electron chi connectivity index (χ3n) is 19.5. The monoisotopic (exact) mass is 1440 g/mol. The van der Waals surface area contributed by atoms with Crippen molar-refractivity contribution in [2.75, 3.05) is 13.2 Å². The molecule has 0 spiro atoms. The van der Waals surface area contributed by atoms with E-state index in [1.807, 2.05) is 267 Å². The molecule has 10 aromatic rings. The summed E-state index contributed by atoms with van der Waals surface area (Å²) in [6.45, 7) is 4.35. The minimum atomic E-state index is -1.27. The fourth-order valence-electron chi connectivity index (χ4n) is 13.9. The van der Waals surface area contributed by atoms with E-state index < -0.39 is 92.1 Å². The van der Waals surface area contributed by atoms with Crippen LogP contribution in [0.2, 0.25) is 0 Å². The Kier molecular flexibility index (Phi) is 30.0. The lowest BCUT2D eigenvalue weighted by molar-refractivity contribution is -0.400. The standard InChI is InChI=1S/C92H100O15/c1-2-3-14-55-78-81(95-58-70-39-19-6-20-40-70)84(97-60-72-43-23-8-24-44-72)87(99-62-74-47-27-10-28-48-74)91(103-78)107-86-83(80(67-94-57-69-37-17-5-18-38-69)104-90(102-65-77-53-33-13-34-54-77)89(86)101-64-76-51-31-12-32-52-76)106-92-88(100-63-75-49-29-11-30-50-75)85(98-61-73-45-25-9-26-46-73)82(96-59-71-41-21-7-22-42-71)79(105-92)66-93-56-68-35-15-4-16-36-68/h4-13,15-54,78-92H,2-3,14,55-67H2,1H3/t78-,79+,80+,81+,82-,83+,84+,85-,86-,87-,88+,89+,90+,91-,92-/m0/s1. The van der Waals surface area contributed by atoms with E-state index in [1.54, 1.807) is 0 Å². The minimum absolute atomic E-state index is 0.0179. The molecule has 0 bridgehead atoms. The Labute approximate surface area is 630 Å². The van der Waals surface area contributed by atoms with Crippen LogP contribution in [0, 0.1) is 0 Å². The van der Waals surface area contributed by atoms with Gasteiger partial charge in [0.2, 0.25) is 0 Å². The predicted molar refractivity (Wildman–Crippen MR) is 408 cm³/mol. The van der Waals surface area contributed by atoms with E-state index >= 15 is 0 Å². The van der Waals surface area contributed by atoms with E-state index in [1.165, 1.54) is 0 Å². The zero-order valence-electron chi connectivity index (χ0n) is 61.0. The highest BCUT2D eigenvalue weighted by Crippen LogP contribution is 2.41. The Hall–Kier alpha value is -8.40. The Bertz CT molecular complexity index is 4010. The van der Waals surface area contributed by atoms with Crippen molar-refractivity contribution in [2.24, 2.45) is 0 Å². The third-order valence-corrected chi connectivity index (χ3v) is 19.5. The number of hydrogen-bond donors (Lipinski definition) is 0. The second-order valence-electron chi connectivity index (χ2n) is 27.5. The molecule has 3 heterocycles. The van der Waals surface area contributed by atoms with Crippen LogP contribution in [0.25, 0.3) is 0 Å². The first-order valence-corrected chi connectivity index (χ1v) is 37.8. The topological polar surface area (TPSA) is 138 Å². The zero-order valence-corrected chi connectivity index (χ0v) is 61.0. The van der Waals surface area contributed by atoms with Gasteiger partial charge in [-0.25, -0.2) is 0 Å². The van der Waals surface area contributed by atoms with Crippen molar-refractivity contribution in [1.29, 1.82) is 0 Å². The normalized spacial score (nSPS) is 24.4. The fraction of sp³-hybridized carbons (Fsp3) is 0.348. The van der Waals surface area contributed by atoms with E-state index in [4.69, 9.17) is 71.1 Å². The molecule has 0 saturated carbocycles. The second kappa shape index (κ2) is 41.8. The van der Waals surface area contributed by atoms with E-state index in [-0.39, 0.29) is 66.1 Å². The van der Waals surface area contributed by atoms with Gasteiger partial charge >= 0.3 is 0 Å². The second-order valence-corrected chi connectivity index (χ2v) is 27.5. The molecule has 3 aliphatic rings. The molecule has 3 aliphatic heterocycles.